The monoisotopic (exact) mass is 1270 g/mol. The van der Waals surface area contributed by atoms with Gasteiger partial charge in [0, 0.05) is 18.8 Å². The van der Waals surface area contributed by atoms with Crippen molar-refractivity contribution in [2.75, 3.05) is 39.5 Å². The van der Waals surface area contributed by atoms with E-state index >= 15 is 22.0 Å². The zero-order valence-corrected chi connectivity index (χ0v) is 38.5. The van der Waals surface area contributed by atoms with Crippen LogP contribution in [0.3, 0.4) is 0 Å². The number of amides is 1. The van der Waals surface area contributed by atoms with E-state index in [-0.39, 0.29) is 29.6 Å². The summed E-state index contributed by atoms with van der Waals surface area (Å²) in [7, 11) is -3.51. The van der Waals surface area contributed by atoms with Gasteiger partial charge in [-0.2, -0.15) is 162 Å². The molecule has 0 aromatic rings. The minimum absolute atomic E-state index is 0. The molecule has 0 saturated carbocycles. The van der Waals surface area contributed by atoms with E-state index in [4.69, 9.17) is 0 Å². The fourth-order valence-electron chi connectivity index (χ4n) is 4.46. The van der Waals surface area contributed by atoms with Crippen LogP contribution in [0.15, 0.2) is 0 Å². The van der Waals surface area contributed by atoms with Gasteiger partial charge < -0.3 is 14.4 Å². The number of hydrogen-bond donors (Lipinski definition) is 0. The topological polar surface area (TPSA) is 127 Å². The van der Waals surface area contributed by atoms with E-state index in [1.807, 2.05) is 0 Å². The Morgan fingerprint density at radius 3 is 0.831 bits per heavy atom. The van der Waals surface area contributed by atoms with E-state index in [0.29, 0.717) is 9.47 Å². The average Bonchev–Trinajstić information content (AvgIpc) is 3.12. The molecule has 0 saturated heterocycles. The first-order valence-corrected chi connectivity index (χ1v) is 18.9. The molecule has 0 aliphatic rings. The van der Waals surface area contributed by atoms with E-state index < -0.39 is 168 Å². The normalized spacial score (nSPS) is 19.1. The van der Waals surface area contributed by atoms with Gasteiger partial charge in [0.2, 0.25) is 0 Å². The molecule has 50 heteroatoms. The number of hydrogen-bond acceptors (Lipinski definition) is 10. The van der Waals surface area contributed by atoms with E-state index in [2.05, 4.69) is 0 Å². The maximum atomic E-state index is 15.3. The van der Waals surface area contributed by atoms with Crippen LogP contribution in [0.2, 0.25) is 0 Å². The Labute approximate surface area is 420 Å². The molecule has 0 bridgehead atoms. The van der Waals surface area contributed by atoms with Gasteiger partial charge in [-0.1, -0.05) is 0 Å². The first-order chi connectivity index (χ1) is 32.5. The van der Waals surface area contributed by atoms with Crippen LogP contribution in [0.25, 0.3) is 0 Å². The summed E-state index contributed by atoms with van der Waals surface area (Å²) in [4.78, 5) is 12.4. The number of rotatable bonds is 25. The Balaban J connectivity index is 0. The first-order valence-electron chi connectivity index (χ1n) is 17.3. The maximum Gasteiger partial charge on any atom is 1.00 e. The second kappa shape index (κ2) is 22.4. The zero-order chi connectivity index (χ0) is 62.0. The molecular formula is C27H18F37N2NaO9S. The van der Waals surface area contributed by atoms with Gasteiger partial charge in [0.1, 0.15) is 0 Å². The third-order valence-electron chi connectivity index (χ3n) is 8.20. The second-order valence-electron chi connectivity index (χ2n) is 14.3. The summed E-state index contributed by atoms with van der Waals surface area (Å²) in [6, 6.07) is 0. The third kappa shape index (κ3) is 15.0. The van der Waals surface area contributed by atoms with Gasteiger partial charge in [0.05, 0.1) is 10.1 Å². The molecule has 5 atom stereocenters. The molecular weight excluding hydrogens is 1250 g/mol. The van der Waals surface area contributed by atoms with Crippen LogP contribution < -0.4 is 29.6 Å². The van der Waals surface area contributed by atoms with Crippen molar-refractivity contribution in [3.05, 3.63) is 0 Å². The molecule has 0 radical (unpaired) electrons. The Morgan fingerprint density at radius 1 is 0.377 bits per heavy atom. The fraction of sp³-hybridized carbons (Fsp3) is 0.963. The Morgan fingerprint density at radius 2 is 0.610 bits per heavy atom. The number of nitrogens with zero attached hydrogens (tertiary/aromatic N) is 2. The maximum absolute atomic E-state index is 15.3. The molecule has 0 spiro atoms. The molecule has 0 fully saturated rings. The van der Waals surface area contributed by atoms with E-state index in [9.17, 15) is 158 Å². The quantitative estimate of drug-likeness (QED) is 0.0510. The van der Waals surface area contributed by atoms with Crippen LogP contribution in [-0.4, -0.2) is 177 Å². The van der Waals surface area contributed by atoms with Crippen molar-refractivity contribution in [3.8, 4) is 0 Å². The van der Waals surface area contributed by atoms with Crippen LogP contribution in [0.1, 0.15) is 12.8 Å². The van der Waals surface area contributed by atoms with E-state index in [1.165, 1.54) is 4.74 Å². The molecule has 5 unspecified atom stereocenters. The van der Waals surface area contributed by atoms with Crippen molar-refractivity contribution in [2.24, 2.45) is 0 Å². The summed E-state index contributed by atoms with van der Waals surface area (Å²) in [5.74, 6) is -69.6. The van der Waals surface area contributed by atoms with Gasteiger partial charge >= 0.3 is 138 Å². The molecule has 0 rings (SSSR count). The summed E-state index contributed by atoms with van der Waals surface area (Å²) in [5, 5.41) is 0. The van der Waals surface area contributed by atoms with Crippen molar-refractivity contribution in [1.29, 1.82) is 0 Å². The van der Waals surface area contributed by atoms with Gasteiger partial charge in [-0.15, -0.1) is 0 Å². The predicted octanol–water partition coefficient (Wildman–Crippen LogP) is 7.73. The minimum atomic E-state index is -9.78. The Hall–Kier alpha value is -2.45. The predicted molar refractivity (Wildman–Crippen MR) is 155 cm³/mol. The van der Waals surface area contributed by atoms with Crippen LogP contribution in [-0.2, 0) is 38.6 Å². The molecule has 1 amide bonds. The largest absolute Gasteiger partial charge is 1.00 e. The molecule has 0 aliphatic carbocycles. The van der Waals surface area contributed by atoms with Crippen LogP contribution in [0.4, 0.5) is 162 Å². The summed E-state index contributed by atoms with van der Waals surface area (Å²) in [5.41, 5.74) is 0. The summed E-state index contributed by atoms with van der Waals surface area (Å²) >= 11 is 0. The fourth-order valence-corrected chi connectivity index (χ4v) is 4.95. The standard InChI is InChI=1S/C27H19F37N2O9S.Na/c1-65(2)5-3-6-66(7-4-8-76(68,69)70)9(67)10(28,29)12(32,18(40,41)42)71-24(57,58)14(34,20(46,47)48)73-26(61,62)16(36,22(52,53)54)75-27(63,64)15(35,21(49,50)51)74-25(59,60)13(33,19(43,44)45)72-23(55,56)11(30,31)17(37,38)39;/h3-8H2,1-2H3,(H,68,69,70);/q;+1/p-1. The number of ether oxygens (including phenoxy) is 5. The van der Waals surface area contributed by atoms with Crippen molar-refractivity contribution < 1.29 is 233 Å². The van der Waals surface area contributed by atoms with Crippen LogP contribution in [0, 0.1) is 0 Å². The molecule has 456 valence electrons. The Bertz CT molecular complexity index is 2110. The van der Waals surface area contributed by atoms with Gasteiger partial charge in [-0.25, -0.2) is 8.42 Å². The van der Waals surface area contributed by atoms with Gasteiger partial charge in [0.15, 0.2) is 0 Å². The van der Waals surface area contributed by atoms with Crippen LogP contribution >= 0.6 is 0 Å². The minimum Gasteiger partial charge on any atom is -0.748 e. The molecule has 0 aliphatic heterocycles. The van der Waals surface area contributed by atoms with Gasteiger partial charge in [-0.05, 0) is 33.5 Å². The molecule has 11 nitrogen and oxygen atoms in total. The number of halogens is 37. The van der Waals surface area contributed by atoms with Gasteiger partial charge in [-0.3, -0.25) is 28.5 Å². The van der Waals surface area contributed by atoms with Crippen molar-refractivity contribution in [1.82, 2.24) is 9.80 Å². The zero-order valence-electron chi connectivity index (χ0n) is 35.7. The summed E-state index contributed by atoms with van der Waals surface area (Å²) in [6.07, 6.45) is -103. The first kappa shape index (κ1) is 76.6. The van der Waals surface area contributed by atoms with Crippen molar-refractivity contribution in [3.63, 3.8) is 0 Å². The van der Waals surface area contributed by atoms with E-state index in [1.54, 1.807) is 0 Å². The average molecular weight is 1270 g/mol. The summed E-state index contributed by atoms with van der Waals surface area (Å²) in [6.45, 7) is -4.19. The molecule has 0 aromatic carbocycles. The van der Waals surface area contributed by atoms with Crippen molar-refractivity contribution >= 4 is 16.0 Å². The second-order valence-corrected chi connectivity index (χ2v) is 15.8. The molecule has 0 N–H and O–H groups in total. The van der Waals surface area contributed by atoms with Crippen molar-refractivity contribution in [2.45, 2.75) is 122 Å². The molecule has 0 heterocycles. The number of alkyl halides is 37. The number of carbonyl (C=O) groups is 1. The molecule has 0 aromatic heterocycles. The third-order valence-corrected chi connectivity index (χ3v) is 8.99. The Kier molecular flexibility index (Phi) is 22.3. The van der Waals surface area contributed by atoms with Gasteiger partial charge in [0.25, 0.3) is 5.91 Å². The summed E-state index contributed by atoms with van der Waals surface area (Å²) < 4.78 is 552. The van der Waals surface area contributed by atoms with E-state index in [0.717, 1.165) is 28.5 Å². The van der Waals surface area contributed by atoms with Crippen LogP contribution in [0.5, 0.6) is 0 Å². The smallest absolute Gasteiger partial charge is 0.748 e. The SMILES string of the molecule is CN(C)CCCN(CCCS(=O)(=O)[O-])C(=O)C(F)(F)C(F)(OC(F)(F)C(F)(OC(F)(F)C(F)(OC(F)(F)C(F)(OC(F)(F)C(F)(OC(F)(F)C(F)(F)C(F)(F)F)C(F)(F)F)C(F)(F)F)C(F)(F)F)C(F)(F)F)C(F)(F)F.[Na+]. The number of carbonyl (C=O) groups excluding carboxylic acids is 1. The molecule has 77 heavy (non-hydrogen) atoms.